The Morgan fingerprint density at radius 3 is 2.38 bits per heavy atom. The van der Waals surface area contributed by atoms with Crippen LogP contribution in [0.15, 0.2) is 60.7 Å². The third-order valence-corrected chi connectivity index (χ3v) is 7.44. The van der Waals surface area contributed by atoms with Crippen LogP contribution >= 0.6 is 11.6 Å². The van der Waals surface area contributed by atoms with E-state index in [1.165, 1.54) is 24.1 Å². The maximum Gasteiger partial charge on any atom is 0.573 e. The van der Waals surface area contributed by atoms with Crippen LogP contribution < -0.4 is 24.4 Å². The van der Waals surface area contributed by atoms with Crippen molar-refractivity contribution in [3.05, 3.63) is 76.8 Å². The van der Waals surface area contributed by atoms with Gasteiger partial charge < -0.3 is 29.2 Å². The molecule has 1 heterocycles. The molecule has 8 nitrogen and oxygen atoms in total. The van der Waals surface area contributed by atoms with E-state index >= 15 is 0 Å². The van der Waals surface area contributed by atoms with Crippen LogP contribution in [-0.2, 0) is 19.7 Å². The van der Waals surface area contributed by atoms with Crippen molar-refractivity contribution in [3.8, 4) is 17.2 Å². The minimum Gasteiger partial charge on any atom is -0.497 e. The fourth-order valence-electron chi connectivity index (χ4n) is 5.09. The molecule has 12 heteroatoms. The van der Waals surface area contributed by atoms with Crippen LogP contribution in [-0.4, -0.2) is 45.1 Å². The summed E-state index contributed by atoms with van der Waals surface area (Å²) >= 11 is 6.12. The van der Waals surface area contributed by atoms with Gasteiger partial charge in [0.25, 0.3) is 5.91 Å². The lowest BCUT2D eigenvalue weighted by molar-refractivity contribution is -0.274. The maximum atomic E-state index is 14.3. The number of hydrogen-bond acceptors (Lipinski definition) is 7. The molecule has 3 aromatic carbocycles. The van der Waals surface area contributed by atoms with Crippen molar-refractivity contribution in [2.24, 2.45) is 0 Å². The van der Waals surface area contributed by atoms with Crippen LogP contribution in [0.1, 0.15) is 36.9 Å². The van der Waals surface area contributed by atoms with Gasteiger partial charge in [0.2, 0.25) is 0 Å². The van der Waals surface area contributed by atoms with E-state index in [1.54, 1.807) is 55.5 Å². The summed E-state index contributed by atoms with van der Waals surface area (Å²) in [4.78, 5) is 27.6. The van der Waals surface area contributed by atoms with Crippen LogP contribution in [0, 0.1) is 0 Å². The monoisotopic (exact) mass is 604 g/mol. The molecule has 1 aliphatic carbocycles. The number of carbonyl (C=O) groups excluding carboxylic acids is 2. The molecule has 0 radical (unpaired) electrons. The molecule has 1 spiro atoms. The van der Waals surface area contributed by atoms with E-state index in [1.807, 2.05) is 0 Å². The highest BCUT2D eigenvalue weighted by Gasteiger charge is 2.54. The number of benzene rings is 3. The van der Waals surface area contributed by atoms with Gasteiger partial charge in [-0.05, 0) is 49.1 Å². The topological polar surface area (TPSA) is 86.3 Å². The maximum absolute atomic E-state index is 14.3. The van der Waals surface area contributed by atoms with Gasteiger partial charge in [0.15, 0.2) is 6.61 Å². The van der Waals surface area contributed by atoms with Crippen molar-refractivity contribution in [2.45, 2.75) is 37.6 Å². The summed E-state index contributed by atoms with van der Waals surface area (Å²) in [6, 6.07) is 14.7. The molecule has 42 heavy (non-hydrogen) atoms. The quantitative estimate of drug-likeness (QED) is 0.267. The van der Waals surface area contributed by atoms with Gasteiger partial charge in [-0.2, -0.15) is 0 Å². The van der Waals surface area contributed by atoms with Gasteiger partial charge in [-0.1, -0.05) is 29.8 Å². The van der Waals surface area contributed by atoms with Gasteiger partial charge in [-0.25, -0.2) is 4.79 Å². The van der Waals surface area contributed by atoms with E-state index < -0.39 is 24.1 Å². The third kappa shape index (κ3) is 6.51. The normalized spacial score (nSPS) is 15.5. The van der Waals surface area contributed by atoms with Gasteiger partial charge in [-0.3, -0.25) is 4.79 Å². The molecule has 0 bridgehead atoms. The first-order valence-electron chi connectivity index (χ1n) is 13.2. The number of hydrogen-bond donors (Lipinski definition) is 1. The number of amides is 1. The number of fused-ring (bicyclic) bond motifs is 2. The Labute approximate surface area is 245 Å². The number of nitrogens with zero attached hydrogens (tertiary/aromatic N) is 1. The molecule has 0 aromatic heterocycles. The number of methoxy groups -OCH3 is 1. The van der Waals surface area contributed by atoms with E-state index in [0.717, 1.165) is 18.4 Å². The number of ether oxygens (including phenoxy) is 4. The first-order valence-corrected chi connectivity index (χ1v) is 13.6. The minimum absolute atomic E-state index is 0.211. The van der Waals surface area contributed by atoms with Crippen LogP contribution in [0.5, 0.6) is 17.2 Å². The van der Waals surface area contributed by atoms with Crippen LogP contribution in [0.4, 0.5) is 24.5 Å². The molecule has 3 aromatic rings. The fourth-order valence-corrected chi connectivity index (χ4v) is 5.22. The number of halogens is 4. The second kappa shape index (κ2) is 11.6. The predicted molar refractivity (Wildman–Crippen MR) is 149 cm³/mol. The van der Waals surface area contributed by atoms with Gasteiger partial charge in [-0.15, -0.1) is 13.2 Å². The molecule has 1 atom stereocenters. The number of esters is 1. The number of rotatable bonds is 10. The molecular weight excluding hydrogens is 577 g/mol. The van der Waals surface area contributed by atoms with Gasteiger partial charge in [0.05, 0.1) is 19.4 Å². The Morgan fingerprint density at radius 1 is 1.02 bits per heavy atom. The van der Waals surface area contributed by atoms with E-state index in [0.29, 0.717) is 40.0 Å². The lowest BCUT2D eigenvalue weighted by atomic mass is 9.99. The lowest BCUT2D eigenvalue weighted by Gasteiger charge is -2.27. The summed E-state index contributed by atoms with van der Waals surface area (Å²) in [5.41, 5.74) is 1.91. The summed E-state index contributed by atoms with van der Waals surface area (Å²) < 4.78 is 59.1. The van der Waals surface area contributed by atoms with E-state index in [-0.39, 0.29) is 24.5 Å². The average Bonchev–Trinajstić information content (AvgIpc) is 3.66. The van der Waals surface area contributed by atoms with Crippen molar-refractivity contribution in [1.29, 1.82) is 0 Å². The van der Waals surface area contributed by atoms with E-state index in [4.69, 9.17) is 25.8 Å². The first kappa shape index (κ1) is 29.4. The second-order valence-electron chi connectivity index (χ2n) is 10.1. The summed E-state index contributed by atoms with van der Waals surface area (Å²) in [6.45, 7) is 1.90. The number of nitrogens with one attached hydrogen (secondary N) is 1. The van der Waals surface area contributed by atoms with Crippen molar-refractivity contribution >= 4 is 34.9 Å². The fraction of sp³-hybridized carbons (Fsp3) is 0.333. The Balaban J connectivity index is 1.48. The molecular formula is C30H28ClF3N2O6. The summed E-state index contributed by atoms with van der Waals surface area (Å²) in [7, 11) is 1.47. The molecule has 2 aliphatic rings. The van der Waals surface area contributed by atoms with Crippen LogP contribution in [0.25, 0.3) is 0 Å². The number of anilines is 2. The predicted octanol–water partition coefficient (Wildman–Crippen LogP) is 6.42. The van der Waals surface area contributed by atoms with Gasteiger partial charge in [0, 0.05) is 46.9 Å². The van der Waals surface area contributed by atoms with Crippen molar-refractivity contribution in [1.82, 2.24) is 0 Å². The Morgan fingerprint density at radius 2 is 1.74 bits per heavy atom. The molecule has 1 N–H and O–H groups in total. The zero-order chi connectivity index (χ0) is 30.1. The molecule has 1 unspecified atom stereocenters. The zero-order valence-corrected chi connectivity index (χ0v) is 23.6. The molecule has 0 saturated heterocycles. The summed E-state index contributed by atoms with van der Waals surface area (Å²) in [5.74, 6) is -0.630. The van der Waals surface area contributed by atoms with Crippen LogP contribution in [0.2, 0.25) is 5.02 Å². The summed E-state index contributed by atoms with van der Waals surface area (Å²) in [5, 5.41) is 3.70. The standard InChI is InChI=1S/C30H28ClF3N2O6/c1-3-40-26(37)16-41-23-13-20(12-22(14-23)39-2)35-27(18-4-6-19(31)7-5-18)28(38)36-17-29(10-11-29)24-9-8-21(15-25(24)36)42-30(32,33)34/h4-9,12-15,27,35H,3,10-11,16-17H2,1-2H3. The number of alkyl halides is 3. The van der Waals surface area contributed by atoms with Crippen LogP contribution in [0.3, 0.4) is 0 Å². The molecule has 222 valence electrons. The molecule has 5 rings (SSSR count). The lowest BCUT2D eigenvalue weighted by Crippen LogP contribution is -2.38. The smallest absolute Gasteiger partial charge is 0.497 e. The molecule has 1 saturated carbocycles. The highest BCUT2D eigenvalue weighted by Crippen LogP contribution is 2.57. The minimum atomic E-state index is -4.87. The number of carbonyl (C=O) groups is 2. The highest BCUT2D eigenvalue weighted by atomic mass is 35.5. The SMILES string of the molecule is CCOC(=O)COc1cc(NC(C(=O)N2CC3(CC3)c3ccc(OC(F)(F)F)cc32)c2ccc(Cl)cc2)cc(OC)c1. The highest BCUT2D eigenvalue weighted by molar-refractivity contribution is 6.30. The summed E-state index contributed by atoms with van der Waals surface area (Å²) in [6.07, 6.45) is -3.23. The molecule has 1 aliphatic heterocycles. The van der Waals surface area contributed by atoms with Gasteiger partial charge >= 0.3 is 12.3 Å². The second-order valence-corrected chi connectivity index (χ2v) is 10.5. The van der Waals surface area contributed by atoms with Crippen molar-refractivity contribution in [3.63, 3.8) is 0 Å². The van der Waals surface area contributed by atoms with E-state index in [9.17, 15) is 22.8 Å². The Bertz CT molecular complexity index is 1480. The van der Waals surface area contributed by atoms with Gasteiger partial charge in [0.1, 0.15) is 23.3 Å². The van der Waals surface area contributed by atoms with E-state index in [2.05, 4.69) is 10.1 Å². The van der Waals surface area contributed by atoms with Crippen molar-refractivity contribution in [2.75, 3.05) is 37.1 Å². The zero-order valence-electron chi connectivity index (χ0n) is 22.8. The third-order valence-electron chi connectivity index (χ3n) is 7.18. The molecule has 1 amide bonds. The largest absolute Gasteiger partial charge is 0.573 e. The van der Waals surface area contributed by atoms with Crippen molar-refractivity contribution < 1.29 is 41.7 Å². The molecule has 1 fully saturated rings. The first-order chi connectivity index (χ1) is 20.0. The average molecular weight is 605 g/mol. The Hall–Kier alpha value is -4.12. The Kier molecular flexibility index (Phi) is 8.14.